The van der Waals surface area contributed by atoms with E-state index in [2.05, 4.69) is 21.1 Å². The lowest BCUT2D eigenvalue weighted by Crippen LogP contribution is -2.33. The predicted molar refractivity (Wildman–Crippen MR) is 106 cm³/mol. The Hall–Kier alpha value is -2.87. The largest absolute Gasteiger partial charge is 0.493 e. The Labute approximate surface area is 170 Å². The van der Waals surface area contributed by atoms with Crippen LogP contribution in [0.15, 0.2) is 46.0 Å². The molecule has 2 atom stereocenters. The molecule has 4 rings (SSSR count). The first-order valence-electron chi connectivity index (χ1n) is 8.57. The number of aryl methyl sites for hydroxylation is 1. The molecule has 0 saturated carbocycles. The lowest BCUT2D eigenvalue weighted by atomic mass is 9.93. The van der Waals surface area contributed by atoms with Crippen LogP contribution in [0.5, 0.6) is 11.5 Å². The van der Waals surface area contributed by atoms with Gasteiger partial charge in [-0.25, -0.2) is 4.90 Å². The molecule has 2 aromatic rings. The van der Waals surface area contributed by atoms with Gasteiger partial charge in [0.05, 0.1) is 19.9 Å². The van der Waals surface area contributed by atoms with Gasteiger partial charge in [0.2, 0.25) is 12.0 Å². The number of hydrogen-bond donors (Lipinski definition) is 0. The minimum absolute atomic E-state index is 0.352. The highest BCUT2D eigenvalue weighted by Crippen LogP contribution is 2.41. The van der Waals surface area contributed by atoms with Gasteiger partial charge in [-0.1, -0.05) is 17.3 Å². The normalized spacial score (nSPS) is 20.7. The van der Waals surface area contributed by atoms with Crippen molar-refractivity contribution in [3.8, 4) is 11.5 Å². The average Bonchev–Trinajstić information content (AvgIpc) is 3.22. The summed E-state index contributed by atoms with van der Waals surface area (Å²) in [6.07, 6.45) is -0.994. The number of rotatable bonds is 4. The Morgan fingerprint density at radius 3 is 2.57 bits per heavy atom. The fourth-order valence-corrected chi connectivity index (χ4v) is 4.19. The molecule has 1 saturated heterocycles. The number of methoxy groups -OCH3 is 2. The zero-order valence-corrected chi connectivity index (χ0v) is 17.0. The standard InChI is InChI=1S/C20H17BrN2O5/c1-10-7-8-13(12(21)9-10)23-19(24)15-16(22-28-18(15)20(23)25)11-5-4-6-14(26-2)17(11)27-3/h4-9,15,18H,1-3H3/t15-,18+/m0/s1. The topological polar surface area (TPSA) is 77.4 Å². The van der Waals surface area contributed by atoms with Crippen LogP contribution in [0.4, 0.5) is 5.69 Å². The van der Waals surface area contributed by atoms with Crippen LogP contribution in [0.3, 0.4) is 0 Å². The highest BCUT2D eigenvalue weighted by molar-refractivity contribution is 9.10. The van der Waals surface area contributed by atoms with E-state index in [-0.39, 0.29) is 5.91 Å². The van der Waals surface area contributed by atoms with Gasteiger partial charge in [-0.15, -0.1) is 0 Å². The van der Waals surface area contributed by atoms with Crippen molar-refractivity contribution in [1.82, 2.24) is 0 Å². The molecule has 2 aliphatic heterocycles. The Kier molecular flexibility index (Phi) is 4.58. The fraction of sp³-hybridized carbons (Fsp3) is 0.250. The fourth-order valence-electron chi connectivity index (χ4n) is 3.52. The quantitative estimate of drug-likeness (QED) is 0.677. The van der Waals surface area contributed by atoms with Gasteiger partial charge >= 0.3 is 0 Å². The number of benzene rings is 2. The minimum Gasteiger partial charge on any atom is -0.493 e. The van der Waals surface area contributed by atoms with E-state index >= 15 is 0 Å². The van der Waals surface area contributed by atoms with Gasteiger partial charge in [0.25, 0.3) is 5.91 Å². The van der Waals surface area contributed by atoms with Gasteiger partial charge in [0.15, 0.2) is 11.5 Å². The molecule has 0 bridgehead atoms. The molecule has 2 aromatic carbocycles. The number of halogens is 1. The highest BCUT2D eigenvalue weighted by atomic mass is 79.9. The molecule has 0 unspecified atom stereocenters. The average molecular weight is 445 g/mol. The number of para-hydroxylation sites is 1. The van der Waals surface area contributed by atoms with Crippen molar-refractivity contribution in [1.29, 1.82) is 0 Å². The van der Waals surface area contributed by atoms with Crippen LogP contribution in [0, 0.1) is 12.8 Å². The van der Waals surface area contributed by atoms with Crippen molar-refractivity contribution in [3.05, 3.63) is 52.0 Å². The second-order valence-corrected chi connectivity index (χ2v) is 7.34. The number of carbonyl (C=O) groups excluding carboxylic acids is 2. The molecule has 144 valence electrons. The summed E-state index contributed by atoms with van der Waals surface area (Å²) >= 11 is 3.44. The van der Waals surface area contributed by atoms with Crippen LogP contribution in [0.25, 0.3) is 0 Å². The minimum atomic E-state index is -0.994. The molecule has 2 amide bonds. The lowest BCUT2D eigenvalue weighted by Gasteiger charge is -2.18. The summed E-state index contributed by atoms with van der Waals surface area (Å²) in [7, 11) is 3.03. The number of ether oxygens (including phenoxy) is 2. The number of fused-ring (bicyclic) bond motifs is 1. The van der Waals surface area contributed by atoms with E-state index in [1.165, 1.54) is 14.2 Å². The molecule has 0 aromatic heterocycles. The summed E-state index contributed by atoms with van der Waals surface area (Å²) in [6.45, 7) is 1.93. The van der Waals surface area contributed by atoms with Gasteiger partial charge < -0.3 is 14.3 Å². The van der Waals surface area contributed by atoms with Crippen molar-refractivity contribution in [2.45, 2.75) is 13.0 Å². The van der Waals surface area contributed by atoms with Gasteiger partial charge in [-0.3, -0.25) is 9.59 Å². The summed E-state index contributed by atoms with van der Waals surface area (Å²) in [6, 6.07) is 10.7. The third kappa shape index (κ3) is 2.67. The molecule has 8 heteroatoms. The van der Waals surface area contributed by atoms with Gasteiger partial charge in [0.1, 0.15) is 11.6 Å². The molecule has 2 heterocycles. The summed E-state index contributed by atoms with van der Waals surface area (Å²) in [5.41, 5.74) is 2.40. The number of oxime groups is 1. The van der Waals surface area contributed by atoms with E-state index in [1.54, 1.807) is 24.3 Å². The van der Waals surface area contributed by atoms with Gasteiger partial charge in [-0.05, 0) is 52.7 Å². The summed E-state index contributed by atoms with van der Waals surface area (Å²) in [4.78, 5) is 32.7. The monoisotopic (exact) mass is 444 g/mol. The van der Waals surface area contributed by atoms with Crippen molar-refractivity contribution >= 4 is 39.1 Å². The summed E-state index contributed by atoms with van der Waals surface area (Å²) < 4.78 is 11.4. The lowest BCUT2D eigenvalue weighted by molar-refractivity contribution is -0.126. The highest BCUT2D eigenvalue weighted by Gasteiger charge is 2.56. The van der Waals surface area contributed by atoms with E-state index in [4.69, 9.17) is 14.3 Å². The number of carbonyl (C=O) groups is 2. The van der Waals surface area contributed by atoms with E-state index in [0.717, 1.165) is 10.5 Å². The van der Waals surface area contributed by atoms with E-state index in [0.29, 0.717) is 32.9 Å². The Bertz CT molecular complexity index is 1020. The Balaban J connectivity index is 1.76. The van der Waals surface area contributed by atoms with Crippen LogP contribution in [0.1, 0.15) is 11.1 Å². The molecule has 0 N–H and O–H groups in total. The molecule has 1 fully saturated rings. The zero-order chi connectivity index (χ0) is 20.0. The van der Waals surface area contributed by atoms with Crippen molar-refractivity contribution < 1.29 is 23.9 Å². The van der Waals surface area contributed by atoms with Gasteiger partial charge in [-0.2, -0.15) is 0 Å². The second kappa shape index (κ2) is 6.94. The Morgan fingerprint density at radius 2 is 1.89 bits per heavy atom. The molecule has 0 radical (unpaired) electrons. The molecule has 0 aliphatic carbocycles. The first-order chi connectivity index (χ1) is 13.5. The third-order valence-electron chi connectivity index (χ3n) is 4.84. The maximum absolute atomic E-state index is 13.2. The number of hydrogen-bond acceptors (Lipinski definition) is 6. The number of nitrogens with zero attached hydrogens (tertiary/aromatic N) is 2. The van der Waals surface area contributed by atoms with Crippen molar-refractivity contribution in [3.63, 3.8) is 0 Å². The first kappa shape index (κ1) is 18.5. The maximum Gasteiger partial charge on any atom is 0.279 e. The van der Waals surface area contributed by atoms with E-state index in [9.17, 15) is 9.59 Å². The smallest absolute Gasteiger partial charge is 0.279 e. The van der Waals surface area contributed by atoms with Gasteiger partial charge in [0, 0.05) is 10.0 Å². The number of amides is 2. The number of anilines is 1. The number of imide groups is 1. The first-order valence-corrected chi connectivity index (χ1v) is 9.36. The maximum atomic E-state index is 13.2. The summed E-state index contributed by atoms with van der Waals surface area (Å²) in [5, 5.41) is 4.04. The molecule has 28 heavy (non-hydrogen) atoms. The molecular weight excluding hydrogens is 428 g/mol. The van der Waals surface area contributed by atoms with Crippen molar-refractivity contribution in [2.75, 3.05) is 19.1 Å². The van der Waals surface area contributed by atoms with Crippen LogP contribution < -0.4 is 14.4 Å². The predicted octanol–water partition coefficient (Wildman–Crippen LogP) is 3.07. The SMILES string of the molecule is COc1cccc(C2=NO[C@H]3C(=O)N(c4ccc(C)cc4Br)C(=O)[C@@H]23)c1OC. The zero-order valence-electron chi connectivity index (χ0n) is 15.4. The van der Waals surface area contributed by atoms with E-state index < -0.39 is 17.9 Å². The summed E-state index contributed by atoms with van der Waals surface area (Å²) in [5.74, 6) is -0.744. The van der Waals surface area contributed by atoms with Crippen molar-refractivity contribution in [2.24, 2.45) is 11.1 Å². The van der Waals surface area contributed by atoms with Crippen LogP contribution >= 0.6 is 15.9 Å². The van der Waals surface area contributed by atoms with Crippen LogP contribution in [-0.2, 0) is 14.4 Å². The molecule has 2 aliphatic rings. The van der Waals surface area contributed by atoms with Crippen LogP contribution in [0.2, 0.25) is 0 Å². The Morgan fingerprint density at radius 1 is 1.11 bits per heavy atom. The second-order valence-electron chi connectivity index (χ2n) is 6.49. The molecular formula is C20H17BrN2O5. The third-order valence-corrected chi connectivity index (χ3v) is 5.47. The van der Waals surface area contributed by atoms with E-state index in [1.807, 2.05) is 19.1 Å². The van der Waals surface area contributed by atoms with Crippen LogP contribution in [-0.4, -0.2) is 37.8 Å². The molecule has 0 spiro atoms. The molecule has 7 nitrogen and oxygen atoms in total.